The van der Waals surface area contributed by atoms with Gasteiger partial charge in [-0.15, -0.1) is 0 Å². The summed E-state index contributed by atoms with van der Waals surface area (Å²) in [6.07, 6.45) is 0. The SMILES string of the molecule is COC(=O)c1sc(N/N=c2\cc(-c3ccc(OC)cc3)oc3ccc(Cl)cc23)nc1C. The van der Waals surface area contributed by atoms with E-state index in [1.54, 1.807) is 32.2 Å². The van der Waals surface area contributed by atoms with Crippen LogP contribution in [-0.4, -0.2) is 25.2 Å². The van der Waals surface area contributed by atoms with Gasteiger partial charge in [0.15, 0.2) is 0 Å². The summed E-state index contributed by atoms with van der Waals surface area (Å²) >= 11 is 7.36. The Morgan fingerprint density at radius 3 is 2.65 bits per heavy atom. The Kier molecular flexibility index (Phi) is 5.92. The number of nitrogens with zero attached hydrogens (tertiary/aromatic N) is 2. The van der Waals surface area contributed by atoms with Gasteiger partial charge in [-0.3, -0.25) is 5.43 Å². The summed E-state index contributed by atoms with van der Waals surface area (Å²) in [6.45, 7) is 1.74. The summed E-state index contributed by atoms with van der Waals surface area (Å²) < 4.78 is 16.1. The van der Waals surface area contributed by atoms with Crippen LogP contribution < -0.4 is 15.5 Å². The fourth-order valence-electron chi connectivity index (χ4n) is 2.97. The first-order valence-corrected chi connectivity index (χ1v) is 10.4. The number of anilines is 1. The van der Waals surface area contributed by atoms with Crippen molar-refractivity contribution < 1.29 is 18.7 Å². The number of benzene rings is 2. The van der Waals surface area contributed by atoms with Crippen LogP contribution in [-0.2, 0) is 4.74 Å². The number of aromatic nitrogens is 1. The molecular weight excluding hydrogens is 438 g/mol. The smallest absolute Gasteiger partial charge is 0.350 e. The van der Waals surface area contributed by atoms with Crippen LogP contribution in [0.5, 0.6) is 5.75 Å². The number of methoxy groups -OCH3 is 2. The Labute approximate surface area is 186 Å². The van der Waals surface area contributed by atoms with E-state index < -0.39 is 5.97 Å². The van der Waals surface area contributed by atoms with E-state index in [0.717, 1.165) is 16.7 Å². The van der Waals surface area contributed by atoms with Crippen LogP contribution in [0.25, 0.3) is 22.3 Å². The third kappa shape index (κ3) is 4.40. The number of halogens is 1. The number of hydrogen-bond acceptors (Lipinski definition) is 8. The van der Waals surface area contributed by atoms with Crippen LogP contribution in [0, 0.1) is 6.92 Å². The van der Waals surface area contributed by atoms with Gasteiger partial charge >= 0.3 is 5.97 Å². The average Bonchev–Trinajstić information content (AvgIpc) is 3.17. The van der Waals surface area contributed by atoms with Gasteiger partial charge in [0.25, 0.3) is 0 Å². The molecule has 0 bridgehead atoms. The molecule has 0 saturated heterocycles. The zero-order valence-electron chi connectivity index (χ0n) is 16.9. The predicted octanol–water partition coefficient (Wildman–Crippen LogP) is 5.24. The molecule has 0 aliphatic rings. The zero-order valence-corrected chi connectivity index (χ0v) is 18.5. The van der Waals surface area contributed by atoms with Crippen molar-refractivity contribution in [3.63, 3.8) is 0 Å². The molecule has 0 spiro atoms. The van der Waals surface area contributed by atoms with Gasteiger partial charge in [0.1, 0.15) is 22.0 Å². The van der Waals surface area contributed by atoms with Gasteiger partial charge in [-0.2, -0.15) is 5.10 Å². The van der Waals surface area contributed by atoms with Crippen molar-refractivity contribution >= 4 is 45.0 Å². The Morgan fingerprint density at radius 1 is 1.16 bits per heavy atom. The maximum Gasteiger partial charge on any atom is 0.350 e. The van der Waals surface area contributed by atoms with E-state index in [4.69, 9.17) is 25.5 Å². The van der Waals surface area contributed by atoms with E-state index in [0.29, 0.717) is 37.4 Å². The number of hydrogen-bond donors (Lipinski definition) is 1. The van der Waals surface area contributed by atoms with Crippen LogP contribution in [0.3, 0.4) is 0 Å². The average molecular weight is 456 g/mol. The number of esters is 1. The number of ether oxygens (including phenoxy) is 2. The normalized spacial score (nSPS) is 11.5. The minimum absolute atomic E-state index is 0.426. The molecule has 7 nitrogen and oxygen atoms in total. The monoisotopic (exact) mass is 455 g/mol. The third-order valence-corrected chi connectivity index (χ3v) is 5.80. The molecule has 0 radical (unpaired) electrons. The molecule has 0 aliphatic heterocycles. The molecular formula is C22H18ClN3O4S. The summed E-state index contributed by atoms with van der Waals surface area (Å²) in [4.78, 5) is 16.6. The van der Waals surface area contributed by atoms with Gasteiger partial charge in [0.2, 0.25) is 5.13 Å². The number of thiazole rings is 1. The maximum atomic E-state index is 11.8. The fraction of sp³-hybridized carbons (Fsp3) is 0.136. The molecule has 0 unspecified atom stereocenters. The highest BCUT2D eigenvalue weighted by molar-refractivity contribution is 7.17. The number of aryl methyl sites for hydroxylation is 1. The van der Waals surface area contributed by atoms with Crippen molar-refractivity contribution in [3.05, 3.63) is 69.5 Å². The van der Waals surface area contributed by atoms with E-state index in [1.165, 1.54) is 18.4 Å². The summed E-state index contributed by atoms with van der Waals surface area (Å²) in [6, 6.07) is 14.7. The van der Waals surface area contributed by atoms with Crippen LogP contribution in [0.4, 0.5) is 5.13 Å². The Hall–Kier alpha value is -3.36. The van der Waals surface area contributed by atoms with Crippen molar-refractivity contribution in [1.29, 1.82) is 0 Å². The molecule has 1 N–H and O–H groups in total. The number of rotatable bonds is 5. The van der Waals surface area contributed by atoms with Gasteiger partial charge in [0, 0.05) is 22.0 Å². The van der Waals surface area contributed by atoms with Crippen molar-refractivity contribution in [2.45, 2.75) is 6.92 Å². The number of carbonyl (C=O) groups is 1. The molecule has 4 rings (SSSR count). The quantitative estimate of drug-likeness (QED) is 0.327. The molecule has 2 heterocycles. The number of nitrogens with one attached hydrogen (secondary N) is 1. The second-order valence-corrected chi connectivity index (χ2v) is 7.95. The van der Waals surface area contributed by atoms with E-state index in [1.807, 2.05) is 30.3 Å². The van der Waals surface area contributed by atoms with E-state index >= 15 is 0 Å². The van der Waals surface area contributed by atoms with E-state index in [9.17, 15) is 4.79 Å². The van der Waals surface area contributed by atoms with Gasteiger partial charge in [-0.1, -0.05) is 22.9 Å². The lowest BCUT2D eigenvalue weighted by molar-refractivity contribution is 0.0605. The zero-order chi connectivity index (χ0) is 22.0. The van der Waals surface area contributed by atoms with E-state index in [-0.39, 0.29) is 0 Å². The third-order valence-electron chi connectivity index (χ3n) is 4.52. The largest absolute Gasteiger partial charge is 0.497 e. The van der Waals surface area contributed by atoms with Gasteiger partial charge in [-0.05, 0) is 49.4 Å². The molecule has 9 heteroatoms. The molecule has 0 aliphatic carbocycles. The molecule has 0 amide bonds. The maximum absolute atomic E-state index is 11.8. The van der Waals surface area contributed by atoms with Gasteiger partial charge in [0.05, 0.1) is 25.3 Å². The van der Waals surface area contributed by atoms with E-state index in [2.05, 4.69) is 15.5 Å². The molecule has 0 saturated carbocycles. The van der Waals surface area contributed by atoms with Crippen molar-refractivity contribution in [3.8, 4) is 17.1 Å². The lowest BCUT2D eigenvalue weighted by atomic mass is 10.1. The Balaban J connectivity index is 1.79. The molecule has 0 fully saturated rings. The molecule has 0 atom stereocenters. The summed E-state index contributed by atoms with van der Waals surface area (Å²) in [5.41, 5.74) is 5.00. The van der Waals surface area contributed by atoms with Crippen molar-refractivity contribution in [2.24, 2.45) is 5.10 Å². The van der Waals surface area contributed by atoms with Crippen LogP contribution in [0.15, 0.2) is 58.0 Å². The summed E-state index contributed by atoms with van der Waals surface area (Å²) in [5.74, 6) is 0.952. The fourth-order valence-corrected chi connectivity index (χ4v) is 3.96. The molecule has 2 aromatic heterocycles. The minimum atomic E-state index is -0.430. The first-order chi connectivity index (χ1) is 15.0. The Morgan fingerprint density at radius 2 is 1.94 bits per heavy atom. The highest BCUT2D eigenvalue weighted by Gasteiger charge is 2.15. The lowest BCUT2D eigenvalue weighted by Crippen LogP contribution is -2.07. The van der Waals surface area contributed by atoms with Gasteiger partial charge in [-0.25, -0.2) is 9.78 Å². The molecule has 2 aromatic carbocycles. The first-order valence-electron chi connectivity index (χ1n) is 9.22. The second-order valence-electron chi connectivity index (χ2n) is 6.51. The summed E-state index contributed by atoms with van der Waals surface area (Å²) in [7, 11) is 2.96. The second kappa shape index (κ2) is 8.79. The topological polar surface area (TPSA) is 86.0 Å². The van der Waals surface area contributed by atoms with Crippen molar-refractivity contribution in [1.82, 2.24) is 4.98 Å². The highest BCUT2D eigenvalue weighted by Crippen LogP contribution is 2.26. The molecule has 4 aromatic rings. The van der Waals surface area contributed by atoms with Crippen LogP contribution in [0.1, 0.15) is 15.4 Å². The highest BCUT2D eigenvalue weighted by atomic mass is 35.5. The predicted molar refractivity (Wildman–Crippen MR) is 121 cm³/mol. The minimum Gasteiger partial charge on any atom is -0.497 e. The standard InChI is InChI=1S/C22H18ClN3O4S/c1-12-20(21(27)29-3)31-22(24-12)26-25-17-11-19(13-4-7-15(28-2)8-5-13)30-18-9-6-14(23)10-16(17)18/h4-11H,1-3H3,(H,24,26)/b25-17+. The number of fused-ring (bicyclic) bond motifs is 1. The molecule has 158 valence electrons. The summed E-state index contributed by atoms with van der Waals surface area (Å²) in [5, 5.41) is 6.89. The van der Waals surface area contributed by atoms with Crippen LogP contribution in [0.2, 0.25) is 5.02 Å². The van der Waals surface area contributed by atoms with Crippen LogP contribution >= 0.6 is 22.9 Å². The Bertz CT molecular complexity index is 1330. The van der Waals surface area contributed by atoms with Gasteiger partial charge < -0.3 is 13.9 Å². The van der Waals surface area contributed by atoms with Crippen molar-refractivity contribution in [2.75, 3.05) is 19.6 Å². The lowest BCUT2D eigenvalue weighted by Gasteiger charge is -2.06. The molecule has 31 heavy (non-hydrogen) atoms. The number of carbonyl (C=O) groups excluding carboxylic acids is 1. The first kappa shape index (κ1) is 20.9.